The van der Waals surface area contributed by atoms with Gasteiger partial charge >= 0.3 is 0 Å². The van der Waals surface area contributed by atoms with Crippen LogP contribution < -0.4 is 0 Å². The van der Waals surface area contributed by atoms with Gasteiger partial charge in [0, 0.05) is 13.5 Å². The molecule has 0 aromatic heterocycles. The molecule has 46 valence electrons. The van der Waals surface area contributed by atoms with Gasteiger partial charge in [0.15, 0.2) is 0 Å². The Labute approximate surface area is 48.8 Å². The molecule has 0 bridgehead atoms. The van der Waals surface area contributed by atoms with Crippen molar-refractivity contribution in [3.8, 4) is 0 Å². The molecule has 0 radical (unpaired) electrons. The van der Waals surface area contributed by atoms with Crippen LogP contribution in [0.5, 0.6) is 0 Å². The second kappa shape index (κ2) is 2.29. The van der Waals surface area contributed by atoms with Crippen molar-refractivity contribution in [1.29, 1.82) is 0 Å². The normalized spacial score (nSPS) is 36.2. The van der Waals surface area contributed by atoms with E-state index < -0.39 is 0 Å². The summed E-state index contributed by atoms with van der Waals surface area (Å²) in [6.45, 7) is 0. The quantitative estimate of drug-likeness (QED) is 0.497. The van der Waals surface area contributed by atoms with Crippen molar-refractivity contribution < 1.29 is 9.84 Å². The molecule has 0 spiro atoms. The minimum absolute atomic E-state index is 0.144. The van der Waals surface area contributed by atoms with Crippen LogP contribution in [-0.4, -0.2) is 24.4 Å². The monoisotopic (exact) mass is 114 g/mol. The predicted molar refractivity (Wildman–Crippen MR) is 30.6 cm³/mol. The Kier molecular flexibility index (Phi) is 1.65. The van der Waals surface area contributed by atoms with E-state index in [-0.39, 0.29) is 12.2 Å². The van der Waals surface area contributed by atoms with Crippen LogP contribution in [0.3, 0.4) is 0 Å². The van der Waals surface area contributed by atoms with Crippen LogP contribution in [0.1, 0.15) is 6.42 Å². The number of ether oxygens (including phenoxy) is 1. The topological polar surface area (TPSA) is 29.5 Å². The zero-order chi connectivity index (χ0) is 5.98. The highest BCUT2D eigenvalue weighted by Gasteiger charge is 2.14. The van der Waals surface area contributed by atoms with Gasteiger partial charge in [-0.15, -0.1) is 0 Å². The zero-order valence-electron chi connectivity index (χ0n) is 4.87. The number of methoxy groups -OCH3 is 1. The Balaban J connectivity index is 2.34. The number of aliphatic hydroxyl groups is 1. The molecule has 0 saturated carbocycles. The van der Waals surface area contributed by atoms with Gasteiger partial charge in [-0.1, -0.05) is 12.2 Å². The van der Waals surface area contributed by atoms with Gasteiger partial charge in [0.2, 0.25) is 0 Å². The third-order valence-corrected chi connectivity index (χ3v) is 1.32. The standard InChI is InChI=1S/C6H10O2/c1-8-6-3-2-5(7)4-6/h2-3,5-7H,4H2,1H3. The highest BCUT2D eigenvalue weighted by Crippen LogP contribution is 2.11. The number of hydrogen-bond acceptors (Lipinski definition) is 2. The Bertz CT molecular complexity index is 98.7. The Morgan fingerprint density at radius 3 is 2.62 bits per heavy atom. The summed E-state index contributed by atoms with van der Waals surface area (Å²) in [4.78, 5) is 0. The lowest BCUT2D eigenvalue weighted by Crippen LogP contribution is -2.07. The molecule has 0 aromatic carbocycles. The van der Waals surface area contributed by atoms with E-state index in [4.69, 9.17) is 9.84 Å². The fourth-order valence-corrected chi connectivity index (χ4v) is 0.822. The molecule has 0 amide bonds. The van der Waals surface area contributed by atoms with E-state index >= 15 is 0 Å². The van der Waals surface area contributed by atoms with E-state index in [1.807, 2.05) is 6.08 Å². The van der Waals surface area contributed by atoms with Gasteiger partial charge < -0.3 is 9.84 Å². The van der Waals surface area contributed by atoms with Crippen LogP contribution in [0.4, 0.5) is 0 Å². The van der Waals surface area contributed by atoms with Gasteiger partial charge in [0.05, 0.1) is 12.2 Å². The van der Waals surface area contributed by atoms with Crippen molar-refractivity contribution in [2.45, 2.75) is 18.6 Å². The van der Waals surface area contributed by atoms with E-state index in [9.17, 15) is 0 Å². The molecule has 1 aliphatic rings. The summed E-state index contributed by atoms with van der Waals surface area (Å²) in [6, 6.07) is 0. The lowest BCUT2D eigenvalue weighted by Gasteiger charge is -2.03. The first-order valence-corrected chi connectivity index (χ1v) is 2.72. The largest absolute Gasteiger partial charge is 0.389 e. The summed E-state index contributed by atoms with van der Waals surface area (Å²) in [7, 11) is 1.65. The maximum Gasteiger partial charge on any atom is 0.0780 e. The fraction of sp³-hybridized carbons (Fsp3) is 0.667. The van der Waals surface area contributed by atoms with Crippen LogP contribution in [-0.2, 0) is 4.74 Å². The Morgan fingerprint density at radius 2 is 2.38 bits per heavy atom. The minimum Gasteiger partial charge on any atom is -0.389 e. The number of aliphatic hydroxyl groups excluding tert-OH is 1. The van der Waals surface area contributed by atoms with Crippen LogP contribution in [0, 0.1) is 0 Å². The zero-order valence-corrected chi connectivity index (χ0v) is 4.87. The molecule has 0 saturated heterocycles. The van der Waals surface area contributed by atoms with Gasteiger partial charge in [-0.05, 0) is 0 Å². The molecular formula is C6H10O2. The number of rotatable bonds is 1. The summed E-state index contributed by atoms with van der Waals surface area (Å²) < 4.78 is 4.93. The van der Waals surface area contributed by atoms with Gasteiger partial charge in [0.25, 0.3) is 0 Å². The molecule has 8 heavy (non-hydrogen) atoms. The van der Waals surface area contributed by atoms with E-state index in [1.54, 1.807) is 13.2 Å². The molecular weight excluding hydrogens is 104 g/mol. The highest BCUT2D eigenvalue weighted by atomic mass is 16.5. The van der Waals surface area contributed by atoms with Crippen molar-refractivity contribution in [3.05, 3.63) is 12.2 Å². The summed E-state index contributed by atoms with van der Waals surface area (Å²) >= 11 is 0. The molecule has 0 aromatic rings. The van der Waals surface area contributed by atoms with Crippen molar-refractivity contribution in [3.63, 3.8) is 0 Å². The Hall–Kier alpha value is -0.340. The third-order valence-electron chi connectivity index (χ3n) is 1.32. The van der Waals surface area contributed by atoms with Crippen LogP contribution >= 0.6 is 0 Å². The molecule has 0 fully saturated rings. The SMILES string of the molecule is COC1C=CC(O)C1. The van der Waals surface area contributed by atoms with E-state index in [0.29, 0.717) is 0 Å². The maximum absolute atomic E-state index is 8.86. The van der Waals surface area contributed by atoms with E-state index in [1.165, 1.54) is 0 Å². The van der Waals surface area contributed by atoms with Crippen LogP contribution in [0.15, 0.2) is 12.2 Å². The van der Waals surface area contributed by atoms with Crippen molar-refractivity contribution in [2.75, 3.05) is 7.11 Å². The summed E-state index contributed by atoms with van der Waals surface area (Å²) in [5, 5.41) is 8.86. The van der Waals surface area contributed by atoms with Crippen LogP contribution in [0.2, 0.25) is 0 Å². The lowest BCUT2D eigenvalue weighted by atomic mass is 10.3. The summed E-state index contributed by atoms with van der Waals surface area (Å²) in [6.07, 6.45) is 4.22. The Morgan fingerprint density at radius 1 is 1.62 bits per heavy atom. The molecule has 1 N–H and O–H groups in total. The molecule has 2 nitrogen and oxygen atoms in total. The van der Waals surface area contributed by atoms with Gasteiger partial charge in [-0.3, -0.25) is 0 Å². The molecule has 2 heteroatoms. The first-order valence-electron chi connectivity index (χ1n) is 2.72. The molecule has 1 aliphatic carbocycles. The molecule has 2 atom stereocenters. The van der Waals surface area contributed by atoms with Crippen molar-refractivity contribution >= 4 is 0 Å². The highest BCUT2D eigenvalue weighted by molar-refractivity contribution is 5.03. The summed E-state index contributed by atoms with van der Waals surface area (Å²) in [5.41, 5.74) is 0. The van der Waals surface area contributed by atoms with E-state index in [0.717, 1.165) is 6.42 Å². The van der Waals surface area contributed by atoms with Crippen molar-refractivity contribution in [1.82, 2.24) is 0 Å². The fourth-order valence-electron chi connectivity index (χ4n) is 0.822. The molecule has 0 heterocycles. The second-order valence-corrected chi connectivity index (χ2v) is 1.96. The summed E-state index contributed by atoms with van der Waals surface area (Å²) in [5.74, 6) is 0. The van der Waals surface area contributed by atoms with Gasteiger partial charge in [0.1, 0.15) is 0 Å². The average Bonchev–Trinajstić information content (AvgIpc) is 2.14. The molecule has 0 aliphatic heterocycles. The van der Waals surface area contributed by atoms with Gasteiger partial charge in [-0.2, -0.15) is 0 Å². The van der Waals surface area contributed by atoms with Crippen LogP contribution in [0.25, 0.3) is 0 Å². The minimum atomic E-state index is -0.278. The number of hydrogen-bond donors (Lipinski definition) is 1. The molecule has 2 unspecified atom stereocenters. The lowest BCUT2D eigenvalue weighted by molar-refractivity contribution is 0.106. The molecule has 1 rings (SSSR count). The van der Waals surface area contributed by atoms with Crippen molar-refractivity contribution in [2.24, 2.45) is 0 Å². The third kappa shape index (κ3) is 1.08. The predicted octanol–water partition coefficient (Wildman–Crippen LogP) is 0.322. The maximum atomic E-state index is 8.86. The van der Waals surface area contributed by atoms with Gasteiger partial charge in [-0.25, -0.2) is 0 Å². The van der Waals surface area contributed by atoms with E-state index in [2.05, 4.69) is 0 Å². The second-order valence-electron chi connectivity index (χ2n) is 1.96. The first-order chi connectivity index (χ1) is 3.83. The smallest absolute Gasteiger partial charge is 0.0780 e. The average molecular weight is 114 g/mol. The first kappa shape index (κ1) is 5.79.